The van der Waals surface area contributed by atoms with Crippen LogP contribution in [0.2, 0.25) is 0 Å². The molecule has 0 saturated heterocycles. The Labute approximate surface area is 461 Å². The first kappa shape index (κ1) is 62.5. The van der Waals surface area contributed by atoms with Gasteiger partial charge < -0.3 is 29.6 Å². The number of aryl methyl sites for hydroxylation is 4. The fourth-order valence-corrected chi connectivity index (χ4v) is 10.6. The van der Waals surface area contributed by atoms with Crippen LogP contribution in [0.5, 0.6) is 0 Å². The number of carbonyl (C=O) groups is 1. The van der Waals surface area contributed by atoms with E-state index in [0.29, 0.717) is 50.6 Å². The minimum absolute atomic E-state index is 0. The van der Waals surface area contributed by atoms with E-state index in [4.69, 9.17) is 0 Å². The second kappa shape index (κ2) is 24.9. The maximum Gasteiger partial charge on any atom is 1.00 e. The van der Waals surface area contributed by atoms with Gasteiger partial charge in [-0.1, -0.05) is 53.0 Å². The molecule has 4 aromatic carbocycles. The number of allylic oxidation sites excluding steroid dienone is 6. The van der Waals surface area contributed by atoms with Gasteiger partial charge in [-0.05, 0) is 130 Å². The Morgan fingerprint density at radius 3 is 1.70 bits per heavy atom. The minimum atomic E-state index is -5.41. The molecule has 366 valence electrons. The van der Waals surface area contributed by atoms with Gasteiger partial charge in [-0.15, -0.1) is 0 Å². The second-order valence-corrected chi connectivity index (χ2v) is 21.0. The maximum atomic E-state index is 13.2. The second-order valence-electron chi connectivity index (χ2n) is 17.0. The normalized spacial score (nSPS) is 12.4. The number of benzene rings is 4. The average Bonchev–Trinajstić information content (AvgIpc) is 3.21. The molecule has 1 amide bonds. The summed E-state index contributed by atoms with van der Waals surface area (Å²) in [5, 5.41) is 20.1. The maximum absolute atomic E-state index is 13.2. The zero-order valence-electron chi connectivity index (χ0n) is 41.9. The molecule has 0 atom stereocenters. The van der Waals surface area contributed by atoms with Gasteiger partial charge in [0, 0.05) is 69.8 Å². The Hall–Kier alpha value is -4.61. The number of nitro benzene ring substituents is 1. The van der Waals surface area contributed by atoms with E-state index < -0.39 is 46.1 Å². The Balaban J connectivity index is 0.00000864. The molecule has 0 aliphatic rings. The van der Waals surface area contributed by atoms with Crippen LogP contribution in [0.3, 0.4) is 0 Å². The number of amides is 1. The number of hydrogen-bond acceptors (Lipinski definition) is 14. The van der Waals surface area contributed by atoms with Crippen molar-refractivity contribution in [3.63, 3.8) is 0 Å². The molecule has 0 radical (unpaired) electrons. The summed E-state index contributed by atoms with van der Waals surface area (Å²) in [6.07, 6.45) is 5.48. The van der Waals surface area contributed by atoms with E-state index in [1.807, 2.05) is 27.7 Å². The van der Waals surface area contributed by atoms with Crippen molar-refractivity contribution in [2.45, 2.75) is 84.9 Å². The summed E-state index contributed by atoms with van der Waals surface area (Å²) in [5.74, 6) is -1.28. The molecule has 0 aliphatic carbocycles. The van der Waals surface area contributed by atoms with Gasteiger partial charge in [0.1, 0.15) is 35.3 Å². The molecule has 71 heavy (non-hydrogen) atoms. The summed E-state index contributed by atoms with van der Waals surface area (Å²) in [5.41, 5.74) is 4.38. The Bertz CT molecular complexity index is 3230. The molecule has 0 fully saturated rings. The smallest absolute Gasteiger partial charge is 0.744 e. The van der Waals surface area contributed by atoms with E-state index in [0.717, 1.165) is 18.2 Å². The average molecular weight is 1050 g/mol. The Kier molecular flexibility index (Phi) is 21.9. The van der Waals surface area contributed by atoms with Gasteiger partial charge in [-0.2, -0.15) is 0 Å². The standard InChI is InChI=1S/C50H56N4O12S3.2Na/c1-14-43(52-46-29(6)23-31(8)48(35(46)12)68(61,62)63)40(27(2)3)20-21-41(34(11)45(67(58,59)60)25-33(10)51-50(55)37-15-18-39(19-16-37)54(56)57)38-17-22-44(42(26-38)28(4)5)53-47-30(7)24-32(9)49(36(47)13)69(64,65)66;;/h14-28,52-53H,1,10-11H2,2-9,12-13H3,(H3-,51,55,58,59,60,61,62,63,64,65,66);;/q;2*+1/p-2/b21-20+,43-40-,45-25+;;. The van der Waals surface area contributed by atoms with Crippen LogP contribution in [0.25, 0.3) is 0 Å². The molecule has 0 spiro atoms. The number of nitrogens with one attached hydrogen (secondary N) is 3. The van der Waals surface area contributed by atoms with Crippen molar-refractivity contribution >= 4 is 59.0 Å². The van der Waals surface area contributed by atoms with E-state index in [1.54, 1.807) is 50.3 Å². The van der Waals surface area contributed by atoms with Gasteiger partial charge in [0.2, 0.25) is 0 Å². The number of anilines is 3. The molecule has 0 bridgehead atoms. The number of non-ortho nitro benzene ring substituents is 1. The van der Waals surface area contributed by atoms with Gasteiger partial charge in [0.15, 0.2) is 0 Å². The van der Waals surface area contributed by atoms with Gasteiger partial charge >= 0.3 is 59.1 Å². The van der Waals surface area contributed by atoms with Crippen LogP contribution in [-0.4, -0.2) is 49.7 Å². The zero-order valence-corrected chi connectivity index (χ0v) is 48.3. The first-order valence-corrected chi connectivity index (χ1v) is 25.4. The first-order chi connectivity index (χ1) is 31.8. The van der Waals surface area contributed by atoms with Crippen LogP contribution in [-0.2, 0) is 30.4 Å². The molecule has 16 nitrogen and oxygen atoms in total. The number of nitro groups is 1. The summed E-state index contributed by atoms with van der Waals surface area (Å²) >= 11 is 0. The van der Waals surface area contributed by atoms with Gasteiger partial charge in [-0.3, -0.25) is 14.9 Å². The molecule has 3 N–H and O–H groups in total. The van der Waals surface area contributed by atoms with Gasteiger partial charge in [0.25, 0.3) is 11.6 Å². The van der Waals surface area contributed by atoms with Crippen LogP contribution < -0.4 is 75.1 Å². The van der Waals surface area contributed by atoms with Gasteiger partial charge in [-0.25, -0.2) is 25.3 Å². The van der Waals surface area contributed by atoms with Crippen LogP contribution in [0.1, 0.15) is 88.5 Å². The van der Waals surface area contributed by atoms with Crippen molar-refractivity contribution in [2.75, 3.05) is 10.6 Å². The number of hydrogen-bond donors (Lipinski definition) is 3. The Morgan fingerprint density at radius 1 is 0.746 bits per heavy atom. The van der Waals surface area contributed by atoms with Crippen molar-refractivity contribution in [3.8, 4) is 0 Å². The predicted octanol–water partition coefficient (Wildman–Crippen LogP) is 3.74. The predicted molar refractivity (Wildman–Crippen MR) is 265 cm³/mol. The van der Waals surface area contributed by atoms with Gasteiger partial charge in [0.05, 0.1) is 37.5 Å². The van der Waals surface area contributed by atoms with Crippen LogP contribution in [0, 0.1) is 63.5 Å². The fourth-order valence-electron chi connectivity index (χ4n) is 8.05. The largest absolute Gasteiger partial charge is 1.00 e. The van der Waals surface area contributed by atoms with E-state index in [2.05, 4.69) is 35.7 Å². The molecule has 4 aromatic rings. The molecule has 0 heterocycles. The summed E-state index contributed by atoms with van der Waals surface area (Å²) in [6, 6.07) is 12.7. The van der Waals surface area contributed by atoms with Crippen LogP contribution in [0.4, 0.5) is 22.7 Å². The molecule has 0 saturated carbocycles. The summed E-state index contributed by atoms with van der Waals surface area (Å²) in [6.45, 7) is 28.8. The van der Waals surface area contributed by atoms with Crippen LogP contribution >= 0.6 is 0 Å². The topological polar surface area (TPSA) is 268 Å². The third kappa shape index (κ3) is 15.2. The summed E-state index contributed by atoms with van der Waals surface area (Å²) < 4.78 is 114. The number of nitrogens with zero attached hydrogens (tertiary/aromatic N) is 1. The van der Waals surface area contributed by atoms with E-state index >= 15 is 0 Å². The van der Waals surface area contributed by atoms with E-state index in [9.17, 15) is 53.8 Å². The number of rotatable bonds is 19. The van der Waals surface area contributed by atoms with E-state index in [1.165, 1.54) is 52.0 Å². The molecular weight excluding hydrogens is 991 g/mol. The summed E-state index contributed by atoms with van der Waals surface area (Å²) in [7, 11) is -15.1. The quantitative estimate of drug-likeness (QED) is 0.0302. The van der Waals surface area contributed by atoms with Crippen LogP contribution in [0.15, 0.2) is 136 Å². The molecule has 4 rings (SSSR count). The van der Waals surface area contributed by atoms with Crippen molar-refractivity contribution < 1.29 is 108 Å². The zero-order chi connectivity index (χ0) is 52.2. The van der Waals surface area contributed by atoms with E-state index in [-0.39, 0.29) is 131 Å². The fraction of sp³-hybridized carbons (Fsp3) is 0.240. The SMILES string of the molecule is C=C/C(Nc1c(C)cc(C)c(S(=O)(=O)[O-])c1C)=C(\C=C\[C+](C(=C)/C(=C\C(=C)NC(=O)c1ccc([N+](=O)[O-])cc1)S(=O)(=O)[O-])c1ccc(Nc2c(C)cc(C)c(S(=O)(=O)[O-])c2C)c(C(C)C)c1)C(C)C.[Na+].[Na+]. The molecule has 0 aromatic heterocycles. The minimum Gasteiger partial charge on any atom is -0.744 e. The van der Waals surface area contributed by atoms with Crippen molar-refractivity contribution in [2.24, 2.45) is 5.92 Å². The third-order valence-electron chi connectivity index (χ3n) is 11.2. The molecular formula is C50H54N4Na2O12S3. The van der Waals surface area contributed by atoms with Crippen molar-refractivity contribution in [1.82, 2.24) is 5.32 Å². The Morgan fingerprint density at radius 2 is 1.25 bits per heavy atom. The molecule has 0 aliphatic heterocycles. The monoisotopic (exact) mass is 1040 g/mol. The summed E-state index contributed by atoms with van der Waals surface area (Å²) in [4.78, 5) is 22.0. The third-order valence-corrected chi connectivity index (χ3v) is 14.3. The number of carbonyl (C=O) groups excluding carboxylic acids is 1. The molecule has 21 heteroatoms. The molecule has 0 unspecified atom stereocenters. The van der Waals surface area contributed by atoms with Crippen molar-refractivity contribution in [3.05, 3.63) is 192 Å². The van der Waals surface area contributed by atoms with Crippen molar-refractivity contribution in [1.29, 1.82) is 0 Å². The first-order valence-electron chi connectivity index (χ1n) is 21.1.